The Labute approximate surface area is 174 Å². The fourth-order valence-corrected chi connectivity index (χ4v) is 5.09. The fraction of sp³-hybridized carbons (Fsp3) is 0.435. The molecule has 0 unspecified atom stereocenters. The third-order valence-corrected chi connectivity index (χ3v) is 7.17. The minimum atomic E-state index is -3.74. The summed E-state index contributed by atoms with van der Waals surface area (Å²) in [6, 6.07) is 15.5. The molecule has 2 aromatic rings. The number of hydrogen-bond acceptors (Lipinski definition) is 3. The van der Waals surface area contributed by atoms with E-state index in [0.29, 0.717) is 5.92 Å². The number of amides is 1. The van der Waals surface area contributed by atoms with E-state index in [1.807, 2.05) is 37.3 Å². The number of rotatable bonds is 7. The number of sulfonamides is 1. The first-order chi connectivity index (χ1) is 13.8. The molecule has 0 aliphatic heterocycles. The van der Waals surface area contributed by atoms with Gasteiger partial charge in [-0.25, -0.2) is 13.1 Å². The number of benzene rings is 2. The number of carbonyl (C=O) groups is 1. The zero-order chi connectivity index (χ0) is 20.9. The van der Waals surface area contributed by atoms with Gasteiger partial charge in [-0.2, -0.15) is 0 Å². The minimum absolute atomic E-state index is 0.0678. The fourth-order valence-electron chi connectivity index (χ4n) is 3.87. The van der Waals surface area contributed by atoms with Crippen molar-refractivity contribution >= 4 is 15.9 Å². The van der Waals surface area contributed by atoms with Crippen LogP contribution < -0.4 is 10.0 Å². The molecule has 5 nitrogen and oxygen atoms in total. The van der Waals surface area contributed by atoms with Crippen molar-refractivity contribution in [3.05, 3.63) is 65.7 Å². The molecule has 3 rings (SSSR count). The maximum atomic E-state index is 12.9. The van der Waals surface area contributed by atoms with Crippen LogP contribution in [0.15, 0.2) is 59.5 Å². The maximum Gasteiger partial charge on any atom is 0.241 e. The summed E-state index contributed by atoms with van der Waals surface area (Å²) in [5.74, 6) is 0.330. The van der Waals surface area contributed by atoms with Crippen molar-refractivity contribution in [2.45, 2.75) is 62.9 Å². The second-order valence-electron chi connectivity index (χ2n) is 8.04. The topological polar surface area (TPSA) is 75.3 Å². The van der Waals surface area contributed by atoms with Crippen molar-refractivity contribution in [3.63, 3.8) is 0 Å². The standard InChI is InChI=1S/C23H30N2O3S/c1-17-12-14-20(15-13-17)29(27,28)25-22(19-9-4-3-5-10-19)16-23(26)24-21-11-7-6-8-18(21)2/h3-5,9-10,12-15,18,21-22,25H,6-8,11,16H2,1-2H3,(H,24,26)/t18-,21-,22+/m0/s1. The lowest BCUT2D eigenvalue weighted by Gasteiger charge is -2.30. The van der Waals surface area contributed by atoms with Gasteiger partial charge in [-0.05, 0) is 43.4 Å². The summed E-state index contributed by atoms with van der Waals surface area (Å²) >= 11 is 0. The molecule has 0 spiro atoms. The van der Waals surface area contributed by atoms with Crippen LogP contribution in [-0.2, 0) is 14.8 Å². The number of hydrogen-bond donors (Lipinski definition) is 2. The monoisotopic (exact) mass is 414 g/mol. The molecule has 0 radical (unpaired) electrons. The summed E-state index contributed by atoms with van der Waals surface area (Å²) in [5, 5.41) is 3.13. The average molecular weight is 415 g/mol. The van der Waals surface area contributed by atoms with Gasteiger partial charge in [0.05, 0.1) is 10.9 Å². The van der Waals surface area contributed by atoms with Crippen molar-refractivity contribution in [3.8, 4) is 0 Å². The molecule has 0 bridgehead atoms. The Morgan fingerprint density at radius 3 is 2.34 bits per heavy atom. The van der Waals surface area contributed by atoms with E-state index in [4.69, 9.17) is 0 Å². The van der Waals surface area contributed by atoms with E-state index >= 15 is 0 Å². The molecule has 2 aromatic carbocycles. The summed E-state index contributed by atoms with van der Waals surface area (Å²) in [5.41, 5.74) is 1.76. The van der Waals surface area contributed by atoms with Gasteiger partial charge in [-0.15, -0.1) is 0 Å². The second-order valence-corrected chi connectivity index (χ2v) is 9.75. The van der Waals surface area contributed by atoms with Gasteiger partial charge in [-0.3, -0.25) is 4.79 Å². The van der Waals surface area contributed by atoms with Crippen LogP contribution in [-0.4, -0.2) is 20.4 Å². The summed E-state index contributed by atoms with van der Waals surface area (Å²) < 4.78 is 28.6. The highest BCUT2D eigenvalue weighted by atomic mass is 32.2. The number of carbonyl (C=O) groups excluding carboxylic acids is 1. The van der Waals surface area contributed by atoms with E-state index in [9.17, 15) is 13.2 Å². The summed E-state index contributed by atoms with van der Waals surface area (Å²) in [7, 11) is -3.74. The maximum absolute atomic E-state index is 12.9. The van der Waals surface area contributed by atoms with Gasteiger partial charge in [0.25, 0.3) is 0 Å². The lowest BCUT2D eigenvalue weighted by molar-refractivity contribution is -0.122. The predicted octanol–water partition coefficient (Wildman–Crippen LogP) is 4.10. The molecule has 3 atom stereocenters. The van der Waals surface area contributed by atoms with Gasteiger partial charge in [0.2, 0.25) is 15.9 Å². The SMILES string of the molecule is Cc1ccc(S(=O)(=O)N[C@H](CC(=O)N[C@H]2CCCC[C@@H]2C)c2ccccc2)cc1. The van der Waals surface area contributed by atoms with Crippen molar-refractivity contribution in [1.29, 1.82) is 0 Å². The summed E-state index contributed by atoms with van der Waals surface area (Å²) in [6.45, 7) is 4.08. The molecule has 156 valence electrons. The minimum Gasteiger partial charge on any atom is -0.353 e. The van der Waals surface area contributed by atoms with E-state index in [1.165, 1.54) is 6.42 Å². The average Bonchev–Trinajstić information content (AvgIpc) is 2.70. The molecular weight excluding hydrogens is 384 g/mol. The van der Waals surface area contributed by atoms with Crippen LogP contribution in [0.5, 0.6) is 0 Å². The molecule has 0 heterocycles. The van der Waals surface area contributed by atoms with Crippen LogP contribution in [0.4, 0.5) is 0 Å². The van der Waals surface area contributed by atoms with Crippen LogP contribution in [0.1, 0.15) is 56.2 Å². The van der Waals surface area contributed by atoms with E-state index < -0.39 is 16.1 Å². The van der Waals surface area contributed by atoms with Crippen LogP contribution in [0.2, 0.25) is 0 Å². The normalized spacial score (nSPS) is 20.8. The first-order valence-electron chi connectivity index (χ1n) is 10.3. The Balaban J connectivity index is 1.76. The Morgan fingerprint density at radius 2 is 1.69 bits per heavy atom. The van der Waals surface area contributed by atoms with E-state index in [2.05, 4.69) is 17.0 Å². The number of nitrogens with one attached hydrogen (secondary N) is 2. The lowest BCUT2D eigenvalue weighted by atomic mass is 9.86. The van der Waals surface area contributed by atoms with Crippen molar-refractivity contribution in [2.24, 2.45) is 5.92 Å². The molecule has 1 aliphatic carbocycles. The molecule has 0 saturated heterocycles. The van der Waals surface area contributed by atoms with Gasteiger partial charge < -0.3 is 5.32 Å². The second kappa shape index (κ2) is 9.55. The van der Waals surface area contributed by atoms with Gasteiger partial charge in [-0.1, -0.05) is 67.8 Å². The lowest BCUT2D eigenvalue weighted by Crippen LogP contribution is -2.42. The van der Waals surface area contributed by atoms with Crippen molar-refractivity contribution in [1.82, 2.24) is 10.0 Å². The molecule has 29 heavy (non-hydrogen) atoms. The Kier molecular flexibility index (Phi) is 7.09. The Bertz CT molecular complexity index is 911. The first-order valence-corrected chi connectivity index (χ1v) is 11.8. The van der Waals surface area contributed by atoms with Gasteiger partial charge in [0.1, 0.15) is 0 Å². The zero-order valence-electron chi connectivity index (χ0n) is 17.1. The third-order valence-electron chi connectivity index (χ3n) is 5.68. The molecule has 0 aromatic heterocycles. The van der Waals surface area contributed by atoms with Crippen LogP contribution >= 0.6 is 0 Å². The van der Waals surface area contributed by atoms with Crippen molar-refractivity contribution < 1.29 is 13.2 Å². The molecular formula is C23H30N2O3S. The first kappa shape index (κ1) is 21.5. The van der Waals surface area contributed by atoms with Crippen LogP contribution in [0, 0.1) is 12.8 Å². The highest BCUT2D eigenvalue weighted by molar-refractivity contribution is 7.89. The summed E-state index contributed by atoms with van der Waals surface area (Å²) in [4.78, 5) is 13.0. The van der Waals surface area contributed by atoms with Crippen LogP contribution in [0.25, 0.3) is 0 Å². The highest BCUT2D eigenvalue weighted by Crippen LogP contribution is 2.25. The quantitative estimate of drug-likeness (QED) is 0.716. The van der Waals surface area contributed by atoms with Gasteiger partial charge >= 0.3 is 0 Å². The van der Waals surface area contributed by atoms with Crippen molar-refractivity contribution in [2.75, 3.05) is 0 Å². The smallest absolute Gasteiger partial charge is 0.241 e. The van der Waals surface area contributed by atoms with Gasteiger partial charge in [0.15, 0.2) is 0 Å². The molecule has 1 fully saturated rings. The number of aryl methyl sites for hydroxylation is 1. The molecule has 1 saturated carbocycles. The largest absolute Gasteiger partial charge is 0.353 e. The molecule has 2 N–H and O–H groups in total. The third kappa shape index (κ3) is 5.90. The zero-order valence-corrected chi connectivity index (χ0v) is 17.9. The van der Waals surface area contributed by atoms with E-state index in [-0.39, 0.29) is 23.3 Å². The Hall–Kier alpha value is -2.18. The van der Waals surface area contributed by atoms with E-state index in [1.54, 1.807) is 24.3 Å². The van der Waals surface area contributed by atoms with E-state index in [0.717, 1.165) is 30.4 Å². The molecule has 1 amide bonds. The van der Waals surface area contributed by atoms with Gasteiger partial charge in [0, 0.05) is 12.5 Å². The predicted molar refractivity (Wildman–Crippen MR) is 115 cm³/mol. The van der Waals surface area contributed by atoms with Crippen LogP contribution in [0.3, 0.4) is 0 Å². The molecule has 6 heteroatoms. The Morgan fingerprint density at radius 1 is 1.03 bits per heavy atom. The molecule has 1 aliphatic rings. The summed E-state index contributed by atoms with van der Waals surface area (Å²) in [6.07, 6.45) is 4.50. The highest BCUT2D eigenvalue weighted by Gasteiger charge is 2.27.